The zero-order valence-corrected chi connectivity index (χ0v) is 11.7. The fourth-order valence-corrected chi connectivity index (χ4v) is 2.93. The number of hydrogen-bond donors (Lipinski definition) is 2. The summed E-state index contributed by atoms with van der Waals surface area (Å²) in [6.45, 7) is 2.81. The molecule has 1 heterocycles. The van der Waals surface area contributed by atoms with Crippen LogP contribution in [-0.2, 0) is 6.42 Å². The molecule has 20 heavy (non-hydrogen) atoms. The van der Waals surface area contributed by atoms with Crippen LogP contribution >= 0.6 is 0 Å². The second-order valence-electron chi connectivity index (χ2n) is 5.42. The van der Waals surface area contributed by atoms with Gasteiger partial charge in [0.1, 0.15) is 5.75 Å². The van der Waals surface area contributed by atoms with E-state index in [4.69, 9.17) is 10.6 Å². The Hall–Kier alpha value is -1.84. The molecule has 2 aromatic carbocycles. The molecule has 3 nitrogen and oxygen atoms in total. The van der Waals surface area contributed by atoms with Crippen molar-refractivity contribution < 1.29 is 4.74 Å². The normalized spacial score (nSPS) is 18.4. The van der Waals surface area contributed by atoms with Crippen molar-refractivity contribution in [1.29, 1.82) is 0 Å². The summed E-state index contributed by atoms with van der Waals surface area (Å²) < 4.78 is 5.76. The van der Waals surface area contributed by atoms with E-state index in [1.807, 2.05) is 12.1 Å². The van der Waals surface area contributed by atoms with E-state index in [9.17, 15) is 0 Å². The number of nitrogens with one attached hydrogen (secondary N) is 1. The molecule has 0 aromatic heterocycles. The van der Waals surface area contributed by atoms with Gasteiger partial charge in [0.25, 0.3) is 0 Å². The molecule has 0 saturated carbocycles. The molecule has 3 rings (SSSR count). The molecule has 1 aliphatic heterocycles. The van der Waals surface area contributed by atoms with Crippen LogP contribution in [0.4, 0.5) is 0 Å². The van der Waals surface area contributed by atoms with Gasteiger partial charge in [0, 0.05) is 17.5 Å². The average Bonchev–Trinajstić information content (AvgIpc) is 2.89. The summed E-state index contributed by atoms with van der Waals surface area (Å²) in [6.07, 6.45) is 0.903. The molecular weight excluding hydrogens is 248 g/mol. The molecule has 0 aliphatic carbocycles. The van der Waals surface area contributed by atoms with Crippen molar-refractivity contribution in [1.82, 2.24) is 5.43 Å². The SMILES string of the molecule is Cc1cccc(CC(NN)C2COc3ccccc32)c1. The summed E-state index contributed by atoms with van der Waals surface area (Å²) >= 11 is 0. The highest BCUT2D eigenvalue weighted by molar-refractivity contribution is 5.41. The van der Waals surface area contributed by atoms with Gasteiger partial charge in [0.05, 0.1) is 6.61 Å². The monoisotopic (exact) mass is 268 g/mol. The summed E-state index contributed by atoms with van der Waals surface area (Å²) in [7, 11) is 0. The van der Waals surface area contributed by atoms with E-state index in [-0.39, 0.29) is 6.04 Å². The van der Waals surface area contributed by atoms with Gasteiger partial charge in [-0.2, -0.15) is 0 Å². The van der Waals surface area contributed by atoms with Crippen LogP contribution in [0, 0.1) is 6.92 Å². The second-order valence-corrected chi connectivity index (χ2v) is 5.42. The lowest BCUT2D eigenvalue weighted by atomic mass is 9.89. The van der Waals surface area contributed by atoms with E-state index < -0.39 is 0 Å². The minimum Gasteiger partial charge on any atom is -0.493 e. The van der Waals surface area contributed by atoms with Crippen LogP contribution in [0.1, 0.15) is 22.6 Å². The first-order chi connectivity index (χ1) is 9.78. The summed E-state index contributed by atoms with van der Waals surface area (Å²) in [6, 6.07) is 17.0. The van der Waals surface area contributed by atoms with Gasteiger partial charge >= 0.3 is 0 Å². The summed E-state index contributed by atoms with van der Waals surface area (Å²) in [5.74, 6) is 7.08. The van der Waals surface area contributed by atoms with Crippen LogP contribution in [0.5, 0.6) is 5.75 Å². The van der Waals surface area contributed by atoms with Crippen LogP contribution in [0.25, 0.3) is 0 Å². The molecule has 3 N–H and O–H groups in total. The molecule has 0 radical (unpaired) electrons. The molecular formula is C17H20N2O. The molecule has 104 valence electrons. The molecule has 0 bridgehead atoms. The van der Waals surface area contributed by atoms with Gasteiger partial charge in [-0.15, -0.1) is 0 Å². The first-order valence-corrected chi connectivity index (χ1v) is 7.01. The minimum absolute atomic E-state index is 0.181. The predicted molar refractivity (Wildman–Crippen MR) is 80.7 cm³/mol. The number of hydrazine groups is 1. The van der Waals surface area contributed by atoms with Gasteiger partial charge in [0.2, 0.25) is 0 Å². The highest BCUT2D eigenvalue weighted by atomic mass is 16.5. The Morgan fingerprint density at radius 2 is 2.10 bits per heavy atom. The minimum atomic E-state index is 0.181. The van der Waals surface area contributed by atoms with Crippen molar-refractivity contribution >= 4 is 0 Å². The maximum absolute atomic E-state index is 5.79. The fourth-order valence-electron chi connectivity index (χ4n) is 2.93. The maximum Gasteiger partial charge on any atom is 0.122 e. The molecule has 0 fully saturated rings. The topological polar surface area (TPSA) is 47.3 Å². The largest absolute Gasteiger partial charge is 0.493 e. The molecule has 2 aromatic rings. The smallest absolute Gasteiger partial charge is 0.122 e. The molecule has 0 amide bonds. The quantitative estimate of drug-likeness (QED) is 0.662. The first-order valence-electron chi connectivity index (χ1n) is 7.01. The second kappa shape index (κ2) is 5.65. The number of nitrogens with two attached hydrogens (primary N) is 1. The molecule has 0 spiro atoms. The zero-order valence-electron chi connectivity index (χ0n) is 11.7. The van der Waals surface area contributed by atoms with E-state index in [2.05, 4.69) is 48.7 Å². The Kier molecular flexibility index (Phi) is 3.72. The molecule has 2 atom stereocenters. The number of benzene rings is 2. The number of ether oxygens (including phenoxy) is 1. The van der Waals surface area contributed by atoms with E-state index >= 15 is 0 Å². The van der Waals surface area contributed by atoms with Gasteiger partial charge in [-0.25, -0.2) is 0 Å². The third-order valence-electron chi connectivity index (χ3n) is 3.97. The molecule has 2 unspecified atom stereocenters. The van der Waals surface area contributed by atoms with Crippen LogP contribution in [0.3, 0.4) is 0 Å². The van der Waals surface area contributed by atoms with Crippen molar-refractivity contribution in [2.75, 3.05) is 6.61 Å². The molecule has 1 aliphatic rings. The Balaban J connectivity index is 1.81. The summed E-state index contributed by atoms with van der Waals surface area (Å²) in [5, 5.41) is 0. The number of para-hydroxylation sites is 1. The van der Waals surface area contributed by atoms with Crippen molar-refractivity contribution in [3.63, 3.8) is 0 Å². The van der Waals surface area contributed by atoms with Gasteiger partial charge in [-0.1, -0.05) is 48.0 Å². The maximum atomic E-state index is 5.79. The summed E-state index contributed by atoms with van der Waals surface area (Å²) in [5.41, 5.74) is 6.81. The Morgan fingerprint density at radius 1 is 1.25 bits per heavy atom. The van der Waals surface area contributed by atoms with Gasteiger partial charge < -0.3 is 4.74 Å². The Morgan fingerprint density at radius 3 is 2.90 bits per heavy atom. The number of hydrogen-bond acceptors (Lipinski definition) is 3. The van der Waals surface area contributed by atoms with Crippen molar-refractivity contribution in [3.8, 4) is 5.75 Å². The average molecular weight is 268 g/mol. The van der Waals surface area contributed by atoms with Gasteiger partial charge in [-0.05, 0) is 25.0 Å². The van der Waals surface area contributed by atoms with E-state index in [0.29, 0.717) is 12.5 Å². The highest BCUT2D eigenvalue weighted by Crippen LogP contribution is 2.36. The van der Waals surface area contributed by atoms with Gasteiger partial charge in [-0.3, -0.25) is 11.3 Å². The Bertz CT molecular complexity index is 597. The fraction of sp³-hybridized carbons (Fsp3) is 0.294. The number of rotatable bonds is 4. The lowest BCUT2D eigenvalue weighted by Crippen LogP contribution is -2.42. The zero-order chi connectivity index (χ0) is 13.9. The first kappa shape index (κ1) is 13.2. The molecule has 0 saturated heterocycles. The van der Waals surface area contributed by atoms with E-state index in [0.717, 1.165) is 12.2 Å². The van der Waals surface area contributed by atoms with Crippen molar-refractivity contribution in [3.05, 3.63) is 65.2 Å². The van der Waals surface area contributed by atoms with Crippen LogP contribution in [-0.4, -0.2) is 12.6 Å². The third-order valence-corrected chi connectivity index (χ3v) is 3.97. The number of aryl methyl sites for hydroxylation is 1. The van der Waals surface area contributed by atoms with E-state index in [1.54, 1.807) is 0 Å². The third kappa shape index (κ3) is 2.55. The summed E-state index contributed by atoms with van der Waals surface area (Å²) in [4.78, 5) is 0. The lowest BCUT2D eigenvalue weighted by molar-refractivity contribution is 0.297. The standard InChI is InChI=1S/C17H20N2O/c1-12-5-4-6-13(9-12)10-16(19-18)15-11-20-17-8-3-2-7-14(15)17/h2-9,15-16,19H,10-11,18H2,1H3. The van der Waals surface area contributed by atoms with Crippen molar-refractivity contribution in [2.24, 2.45) is 5.84 Å². The van der Waals surface area contributed by atoms with Gasteiger partial charge in [0.15, 0.2) is 0 Å². The van der Waals surface area contributed by atoms with Crippen LogP contribution < -0.4 is 16.0 Å². The van der Waals surface area contributed by atoms with Crippen molar-refractivity contribution in [2.45, 2.75) is 25.3 Å². The lowest BCUT2D eigenvalue weighted by Gasteiger charge is -2.22. The molecule has 3 heteroatoms. The van der Waals surface area contributed by atoms with E-state index in [1.165, 1.54) is 16.7 Å². The van der Waals surface area contributed by atoms with Crippen LogP contribution in [0.2, 0.25) is 0 Å². The number of fused-ring (bicyclic) bond motifs is 1. The predicted octanol–water partition coefficient (Wildman–Crippen LogP) is 2.55. The Labute approximate surface area is 119 Å². The highest BCUT2D eigenvalue weighted by Gasteiger charge is 2.30. The van der Waals surface area contributed by atoms with Crippen LogP contribution in [0.15, 0.2) is 48.5 Å².